The van der Waals surface area contributed by atoms with Crippen molar-refractivity contribution in [1.29, 1.82) is 0 Å². The van der Waals surface area contributed by atoms with E-state index in [0.717, 1.165) is 43.0 Å². The molecule has 3 aromatic rings. The Morgan fingerprint density at radius 2 is 2.06 bits per heavy atom. The predicted molar refractivity (Wildman–Crippen MR) is 121 cm³/mol. The first-order valence-corrected chi connectivity index (χ1v) is 11.8. The highest BCUT2D eigenvalue weighted by Gasteiger charge is 2.34. The van der Waals surface area contributed by atoms with E-state index in [4.69, 9.17) is 4.74 Å². The van der Waals surface area contributed by atoms with Crippen molar-refractivity contribution in [3.05, 3.63) is 53.1 Å². The van der Waals surface area contributed by atoms with E-state index in [0.29, 0.717) is 31.6 Å². The van der Waals surface area contributed by atoms with E-state index in [9.17, 15) is 22.7 Å². The van der Waals surface area contributed by atoms with Crippen molar-refractivity contribution in [3.63, 3.8) is 0 Å². The Balaban J connectivity index is 1.31. The average Bonchev–Trinajstić information content (AvgIpc) is 3.20. The van der Waals surface area contributed by atoms with Crippen LogP contribution < -0.4 is 5.32 Å². The minimum Gasteiger partial charge on any atom is -0.390 e. The van der Waals surface area contributed by atoms with Crippen LogP contribution in [0.3, 0.4) is 0 Å². The number of aromatic nitrogens is 3. The van der Waals surface area contributed by atoms with Crippen molar-refractivity contribution in [3.8, 4) is 0 Å². The van der Waals surface area contributed by atoms with Gasteiger partial charge in [-0.2, -0.15) is 18.3 Å². The number of benzene rings is 1. The summed E-state index contributed by atoms with van der Waals surface area (Å²) in [4.78, 5) is 5.63. The molecule has 0 saturated carbocycles. The number of halogens is 4. The number of nitrogens with zero attached hydrogens (tertiary/aromatic N) is 4. The zero-order chi connectivity index (χ0) is 24.6. The van der Waals surface area contributed by atoms with Gasteiger partial charge in [-0.15, -0.1) is 0 Å². The lowest BCUT2D eigenvalue weighted by molar-refractivity contribution is -0.141. The molecule has 188 valence electrons. The van der Waals surface area contributed by atoms with Gasteiger partial charge in [0.05, 0.1) is 17.8 Å². The maximum Gasteiger partial charge on any atom is 0.433 e. The standard InChI is InChI=1S/C24H27F4N5O2/c25-17-5-4-15-6-7-32(13-16(15)9-17)14-18(34)11-30-23-19-10-21(24(26,27)28)29-12-20(19)33(31-23)22-3-1-2-8-35-22/h4-5,9-10,12,18,22,34H,1-3,6-8,11,13-14H2,(H,30,31)/t18-,22?/m0/s1. The fourth-order valence-electron chi connectivity index (χ4n) is 4.77. The normalized spacial score (nSPS) is 20.1. The van der Waals surface area contributed by atoms with Crippen LogP contribution in [0.2, 0.25) is 0 Å². The van der Waals surface area contributed by atoms with Gasteiger partial charge in [-0.3, -0.25) is 4.90 Å². The van der Waals surface area contributed by atoms with Gasteiger partial charge in [0.2, 0.25) is 0 Å². The second-order valence-corrected chi connectivity index (χ2v) is 9.13. The van der Waals surface area contributed by atoms with Crippen LogP contribution in [-0.2, 0) is 23.9 Å². The van der Waals surface area contributed by atoms with Crippen molar-refractivity contribution in [2.75, 3.05) is 31.6 Å². The summed E-state index contributed by atoms with van der Waals surface area (Å²) >= 11 is 0. The van der Waals surface area contributed by atoms with Gasteiger partial charge in [-0.1, -0.05) is 6.07 Å². The van der Waals surface area contributed by atoms with Crippen LogP contribution in [0.1, 0.15) is 42.3 Å². The Bertz CT molecular complexity index is 1190. The zero-order valence-electron chi connectivity index (χ0n) is 19.1. The fourth-order valence-corrected chi connectivity index (χ4v) is 4.77. The monoisotopic (exact) mass is 493 g/mol. The number of anilines is 1. The van der Waals surface area contributed by atoms with Crippen LogP contribution in [0.5, 0.6) is 0 Å². The summed E-state index contributed by atoms with van der Waals surface area (Å²) in [5.74, 6) is -0.0443. The molecule has 5 rings (SSSR count). The molecule has 2 atom stereocenters. The highest BCUT2D eigenvalue weighted by Crippen LogP contribution is 2.34. The third-order valence-corrected chi connectivity index (χ3v) is 6.55. The molecule has 35 heavy (non-hydrogen) atoms. The first-order chi connectivity index (χ1) is 16.8. The second-order valence-electron chi connectivity index (χ2n) is 9.13. The van der Waals surface area contributed by atoms with E-state index in [-0.39, 0.29) is 29.8 Å². The van der Waals surface area contributed by atoms with E-state index < -0.39 is 18.0 Å². The lowest BCUT2D eigenvalue weighted by Crippen LogP contribution is -2.39. The molecule has 1 unspecified atom stereocenters. The zero-order valence-corrected chi connectivity index (χ0v) is 19.1. The first kappa shape index (κ1) is 24.0. The average molecular weight is 494 g/mol. The molecule has 2 aromatic heterocycles. The van der Waals surface area contributed by atoms with Crippen molar-refractivity contribution in [2.45, 2.75) is 50.7 Å². The third-order valence-electron chi connectivity index (χ3n) is 6.55. The van der Waals surface area contributed by atoms with E-state index >= 15 is 0 Å². The Hall–Kier alpha value is -2.76. The molecule has 0 bridgehead atoms. The number of hydrogen-bond donors (Lipinski definition) is 2. The number of hydrogen-bond acceptors (Lipinski definition) is 6. The van der Waals surface area contributed by atoms with Gasteiger partial charge >= 0.3 is 6.18 Å². The molecule has 2 aliphatic heterocycles. The number of β-amino-alcohol motifs (C(OH)–C–C–N with tert-alkyl or cyclic N) is 1. The SMILES string of the molecule is O[C@@H](CNc1nn(C2CCCCO2)c2cnc(C(F)(F)F)cc12)CN1CCc2ccc(F)cc2C1. The highest BCUT2D eigenvalue weighted by molar-refractivity contribution is 5.90. The minimum atomic E-state index is -4.58. The quantitative estimate of drug-likeness (QED) is 0.504. The van der Waals surface area contributed by atoms with Crippen LogP contribution in [-0.4, -0.2) is 57.1 Å². The minimum absolute atomic E-state index is 0.0911. The Morgan fingerprint density at radius 1 is 1.20 bits per heavy atom. The van der Waals surface area contributed by atoms with Crippen molar-refractivity contribution in [1.82, 2.24) is 19.7 Å². The number of alkyl halides is 3. The van der Waals surface area contributed by atoms with Crippen LogP contribution >= 0.6 is 0 Å². The summed E-state index contributed by atoms with van der Waals surface area (Å²) in [5, 5.41) is 18.4. The maximum absolute atomic E-state index is 13.6. The molecule has 2 N–H and O–H groups in total. The number of ether oxygens (including phenoxy) is 1. The van der Waals surface area contributed by atoms with Crippen LogP contribution in [0.15, 0.2) is 30.5 Å². The van der Waals surface area contributed by atoms with E-state index in [1.54, 1.807) is 10.7 Å². The number of aliphatic hydroxyl groups is 1. The van der Waals surface area contributed by atoms with Gasteiger partial charge in [-0.25, -0.2) is 14.1 Å². The molecule has 1 saturated heterocycles. The topological polar surface area (TPSA) is 75.4 Å². The molecule has 7 nitrogen and oxygen atoms in total. The number of nitrogens with one attached hydrogen (secondary N) is 1. The van der Waals surface area contributed by atoms with Gasteiger partial charge in [0.15, 0.2) is 12.0 Å². The molecule has 2 aliphatic rings. The van der Waals surface area contributed by atoms with Gasteiger partial charge < -0.3 is 15.2 Å². The largest absolute Gasteiger partial charge is 0.433 e. The van der Waals surface area contributed by atoms with Crippen LogP contribution in [0, 0.1) is 5.82 Å². The van der Waals surface area contributed by atoms with Crippen molar-refractivity contribution < 1.29 is 27.4 Å². The first-order valence-electron chi connectivity index (χ1n) is 11.8. The summed E-state index contributed by atoms with van der Waals surface area (Å²) in [5.41, 5.74) is 1.44. The fraction of sp³-hybridized carbons (Fsp3) is 0.500. The van der Waals surface area contributed by atoms with Crippen LogP contribution in [0.4, 0.5) is 23.4 Å². The summed E-state index contributed by atoms with van der Waals surface area (Å²) in [6, 6.07) is 5.74. The van der Waals surface area contributed by atoms with Gasteiger partial charge in [-0.05, 0) is 55.0 Å². The summed E-state index contributed by atoms with van der Waals surface area (Å²) < 4.78 is 60.9. The van der Waals surface area contributed by atoms with Gasteiger partial charge in [0, 0.05) is 38.2 Å². The number of fused-ring (bicyclic) bond motifs is 2. The number of aliphatic hydroxyl groups excluding tert-OH is 1. The summed E-state index contributed by atoms with van der Waals surface area (Å²) in [6.45, 7) is 2.25. The molecule has 11 heteroatoms. The number of pyridine rings is 1. The molecule has 4 heterocycles. The van der Waals surface area contributed by atoms with E-state index in [1.807, 2.05) is 4.90 Å². The van der Waals surface area contributed by atoms with Crippen LogP contribution in [0.25, 0.3) is 10.9 Å². The maximum atomic E-state index is 13.6. The summed E-state index contributed by atoms with van der Waals surface area (Å²) in [7, 11) is 0. The molecule has 0 amide bonds. The predicted octanol–water partition coefficient (Wildman–Crippen LogP) is 4.12. The Morgan fingerprint density at radius 3 is 2.83 bits per heavy atom. The smallest absolute Gasteiger partial charge is 0.390 e. The van der Waals surface area contributed by atoms with Crippen molar-refractivity contribution >= 4 is 16.7 Å². The van der Waals surface area contributed by atoms with Gasteiger partial charge in [0.25, 0.3) is 0 Å². The van der Waals surface area contributed by atoms with Crippen molar-refractivity contribution in [2.24, 2.45) is 0 Å². The second kappa shape index (κ2) is 9.71. The molecule has 1 aromatic carbocycles. The molecular formula is C24H27F4N5O2. The molecule has 0 spiro atoms. The van der Waals surface area contributed by atoms with E-state index in [1.165, 1.54) is 18.3 Å². The summed E-state index contributed by atoms with van der Waals surface area (Å²) in [6.07, 6.45) is -1.26. The van der Waals surface area contributed by atoms with E-state index in [2.05, 4.69) is 15.4 Å². The lowest BCUT2D eigenvalue weighted by atomic mass is 9.99. The Labute approximate surface area is 199 Å². The van der Waals surface area contributed by atoms with Gasteiger partial charge in [0.1, 0.15) is 11.5 Å². The highest BCUT2D eigenvalue weighted by atomic mass is 19.4. The molecular weight excluding hydrogens is 466 g/mol. The number of rotatable bonds is 6. The lowest BCUT2D eigenvalue weighted by Gasteiger charge is -2.30. The molecule has 0 radical (unpaired) electrons. The molecule has 0 aliphatic carbocycles. The Kier molecular flexibility index (Phi) is 6.65. The molecule has 1 fully saturated rings. The third kappa shape index (κ3) is 5.26.